The Morgan fingerprint density at radius 2 is 1.63 bits per heavy atom. The predicted octanol–water partition coefficient (Wildman–Crippen LogP) is -6.50. The average molecular weight is 400 g/mol. The highest BCUT2D eigenvalue weighted by molar-refractivity contribution is 5.90. The number of ether oxygens (including phenoxy) is 3. The van der Waals surface area contributed by atoms with Gasteiger partial charge in [0.2, 0.25) is 5.60 Å². The molecule has 0 amide bonds. The average Bonchev–Trinajstić information content (AvgIpc) is 2.67. The molecule has 10 N–H and O–H groups in total. The monoisotopic (exact) mass is 400 g/mol. The highest BCUT2D eigenvalue weighted by Crippen LogP contribution is 2.33. The number of Topliss-reactive ketones (excluding diaryl/α,β-unsaturated/α-hetero) is 1. The van der Waals surface area contributed by atoms with Gasteiger partial charge in [-0.15, -0.1) is 0 Å². The summed E-state index contributed by atoms with van der Waals surface area (Å²) in [6, 6.07) is 0. The van der Waals surface area contributed by atoms with E-state index in [1.807, 2.05) is 0 Å². The summed E-state index contributed by atoms with van der Waals surface area (Å²) in [5, 5.41) is 79.1. The molecule has 0 saturated carbocycles. The molecule has 2 fully saturated rings. The normalized spacial score (nSPS) is 51.7. The van der Waals surface area contributed by atoms with E-state index in [1.54, 1.807) is 0 Å². The molecule has 1 unspecified atom stereocenters. The molecule has 2 aliphatic heterocycles. The van der Waals surface area contributed by atoms with Crippen LogP contribution in [-0.4, -0.2) is 127 Å². The maximum atomic E-state index is 12.0. The summed E-state index contributed by atoms with van der Waals surface area (Å²) < 4.78 is 22.8. The lowest BCUT2D eigenvalue weighted by Gasteiger charge is -2.48. The Bertz CT molecular complexity index is 564. The molecule has 2 heterocycles. The van der Waals surface area contributed by atoms with E-state index < -0.39 is 86.4 Å². The quantitative estimate of drug-likeness (QED) is 0.202. The minimum atomic E-state index is -3.40. The highest BCUT2D eigenvalue weighted by atomic mass is 16.7. The zero-order valence-corrected chi connectivity index (χ0v) is 14.0. The third-order valence-electron chi connectivity index (χ3n) is 4.62. The molecule has 2 saturated heterocycles. The van der Waals surface area contributed by atoms with Gasteiger partial charge in [-0.05, 0) is 0 Å². The molecule has 158 valence electrons. The van der Waals surface area contributed by atoms with Crippen molar-refractivity contribution in [3.8, 4) is 0 Å². The van der Waals surface area contributed by atoms with E-state index in [0.29, 0.717) is 0 Å². The number of hydrogen-bond acceptors (Lipinski definition) is 13. The van der Waals surface area contributed by atoms with Gasteiger partial charge in [0.25, 0.3) is 0 Å². The van der Waals surface area contributed by atoms with Crippen molar-refractivity contribution < 1.29 is 61.2 Å². The lowest BCUT2D eigenvalue weighted by Crippen LogP contribution is -2.72. The Hall–Kier alpha value is -0.810. The number of carbonyl (C=O) groups excluding carboxylic acids is 1. The van der Waals surface area contributed by atoms with Gasteiger partial charge in [-0.25, -0.2) is 0 Å². The fraction of sp³-hybridized carbons (Fsp3) is 0.929. The molecule has 2 aliphatic rings. The molecule has 0 aromatic carbocycles. The first kappa shape index (κ1) is 20.9. The molecule has 0 radical (unpaired) electrons. The Balaban J connectivity index is 2.33. The molecule has 13 nitrogen and oxygen atoms in total. The molecule has 0 aliphatic carbocycles. The summed E-state index contributed by atoms with van der Waals surface area (Å²) in [4.78, 5) is 12.0. The van der Waals surface area contributed by atoms with Crippen molar-refractivity contribution in [3.05, 3.63) is 0 Å². The Morgan fingerprint density at radius 1 is 1.04 bits per heavy atom. The second-order valence-corrected chi connectivity index (χ2v) is 6.28. The van der Waals surface area contributed by atoms with E-state index in [-0.39, 0.29) is 0 Å². The molecule has 13 heteroatoms. The SMILES string of the molecule is [2H]C1(O)O[C@H](CO)[C@@H](O[C@@H]2O[C@H](CO)[C@H](O)[C@H](O)[C@H]2O)[C@H](O)[C@]1(O)C(=O)CN. The van der Waals surface area contributed by atoms with Crippen LogP contribution in [0.4, 0.5) is 0 Å². The van der Waals surface area contributed by atoms with E-state index >= 15 is 0 Å². The second kappa shape index (κ2) is 8.69. The van der Waals surface area contributed by atoms with Crippen LogP contribution in [0.5, 0.6) is 0 Å². The van der Waals surface area contributed by atoms with Crippen LogP contribution >= 0.6 is 0 Å². The maximum Gasteiger partial charge on any atom is 0.203 e. The van der Waals surface area contributed by atoms with Crippen LogP contribution in [0, 0.1) is 0 Å². The Morgan fingerprint density at radius 3 is 2.15 bits per heavy atom. The lowest BCUT2D eigenvalue weighted by atomic mass is 9.83. The van der Waals surface area contributed by atoms with Gasteiger partial charge in [0, 0.05) is 0 Å². The van der Waals surface area contributed by atoms with Crippen molar-refractivity contribution in [2.24, 2.45) is 5.73 Å². The molecule has 10 atom stereocenters. The van der Waals surface area contributed by atoms with E-state index in [0.717, 1.165) is 0 Å². The molecule has 0 bridgehead atoms. The Labute approximate surface area is 154 Å². The predicted molar refractivity (Wildman–Crippen MR) is 81.6 cm³/mol. The van der Waals surface area contributed by atoms with Crippen molar-refractivity contribution in [2.75, 3.05) is 19.8 Å². The summed E-state index contributed by atoms with van der Waals surface area (Å²) in [5.74, 6) is -1.38. The molecular formula is C14H25NO12. The first-order valence-corrected chi connectivity index (χ1v) is 8.07. The van der Waals surface area contributed by atoms with Crippen LogP contribution in [0.3, 0.4) is 0 Å². The third-order valence-corrected chi connectivity index (χ3v) is 4.62. The first-order chi connectivity index (χ1) is 13.0. The summed E-state index contributed by atoms with van der Waals surface area (Å²) in [6.07, 6.45) is -17.9. The van der Waals surface area contributed by atoms with E-state index in [1.165, 1.54) is 0 Å². The minimum absolute atomic E-state index is 0.778. The number of carbonyl (C=O) groups is 1. The lowest BCUT2D eigenvalue weighted by molar-refractivity contribution is -0.367. The zero-order chi connectivity index (χ0) is 21.4. The minimum Gasteiger partial charge on any atom is -0.394 e. The number of nitrogens with two attached hydrogens (primary N) is 1. The Kier molecular flexibility index (Phi) is 6.73. The topological polar surface area (TPSA) is 233 Å². The fourth-order valence-electron chi connectivity index (χ4n) is 2.95. The van der Waals surface area contributed by atoms with Gasteiger partial charge >= 0.3 is 0 Å². The third kappa shape index (κ3) is 3.87. The van der Waals surface area contributed by atoms with Crippen LogP contribution in [-0.2, 0) is 19.0 Å². The number of rotatable bonds is 6. The van der Waals surface area contributed by atoms with Gasteiger partial charge in [0.05, 0.1) is 21.1 Å². The number of hydrogen-bond donors (Lipinski definition) is 9. The molecular weight excluding hydrogens is 374 g/mol. The fourth-order valence-corrected chi connectivity index (χ4v) is 2.95. The molecule has 27 heavy (non-hydrogen) atoms. The molecule has 0 aromatic heterocycles. The van der Waals surface area contributed by atoms with Crippen LogP contribution in [0.25, 0.3) is 0 Å². The van der Waals surface area contributed by atoms with Crippen molar-refractivity contribution in [3.63, 3.8) is 0 Å². The highest BCUT2D eigenvalue weighted by Gasteiger charge is 2.60. The van der Waals surface area contributed by atoms with Gasteiger partial charge < -0.3 is 60.8 Å². The van der Waals surface area contributed by atoms with Crippen molar-refractivity contribution in [1.29, 1.82) is 0 Å². The second-order valence-electron chi connectivity index (χ2n) is 6.28. The number of aliphatic hydroxyl groups excluding tert-OH is 6. The van der Waals surface area contributed by atoms with Crippen LogP contribution < -0.4 is 5.73 Å². The van der Waals surface area contributed by atoms with Gasteiger partial charge in [-0.3, -0.25) is 4.79 Å². The van der Waals surface area contributed by atoms with Crippen molar-refractivity contribution >= 4 is 5.78 Å². The van der Waals surface area contributed by atoms with Crippen LogP contribution in [0.15, 0.2) is 0 Å². The molecule has 0 aromatic rings. The smallest absolute Gasteiger partial charge is 0.203 e. The van der Waals surface area contributed by atoms with Crippen molar-refractivity contribution in [1.82, 2.24) is 0 Å². The largest absolute Gasteiger partial charge is 0.394 e. The van der Waals surface area contributed by atoms with E-state index in [4.69, 9.17) is 21.3 Å². The standard InChI is InChI=1S/C14H25NO12/c15-1-6(18)14(24)11(22)10(5(3-17)26-13(14)23)27-12-9(21)8(20)7(19)4(2-16)25-12/h4-5,7-13,16-17,19-24H,1-3,15H2/t4-,5-,7+,8+,9-,10-,11+,12+,13?,14-/m1/s1/i13D. The van der Waals surface area contributed by atoms with E-state index in [9.17, 15) is 45.6 Å². The van der Waals surface area contributed by atoms with Gasteiger partial charge in [0.1, 0.15) is 42.7 Å². The summed E-state index contributed by atoms with van der Waals surface area (Å²) >= 11 is 0. The number of ketones is 1. The van der Waals surface area contributed by atoms with E-state index in [2.05, 4.69) is 0 Å². The maximum absolute atomic E-state index is 12.0. The summed E-state index contributed by atoms with van der Waals surface area (Å²) in [7, 11) is 0. The van der Waals surface area contributed by atoms with Gasteiger partial charge in [-0.1, -0.05) is 0 Å². The number of aliphatic hydroxyl groups is 8. The van der Waals surface area contributed by atoms with Crippen LogP contribution in [0.2, 0.25) is 0 Å². The zero-order valence-electron chi connectivity index (χ0n) is 15.0. The van der Waals surface area contributed by atoms with Gasteiger partial charge in [0.15, 0.2) is 18.3 Å². The molecule has 2 rings (SSSR count). The van der Waals surface area contributed by atoms with Gasteiger partial charge in [-0.2, -0.15) is 0 Å². The summed E-state index contributed by atoms with van der Waals surface area (Å²) in [6.45, 7) is -2.64. The van der Waals surface area contributed by atoms with Crippen LogP contribution in [0.1, 0.15) is 1.37 Å². The summed E-state index contributed by atoms with van der Waals surface area (Å²) in [5.41, 5.74) is 1.86. The molecule has 0 spiro atoms. The first-order valence-electron chi connectivity index (χ1n) is 8.57. The van der Waals surface area contributed by atoms with Crippen molar-refractivity contribution in [2.45, 2.75) is 60.9 Å².